The van der Waals surface area contributed by atoms with Crippen molar-refractivity contribution in [1.29, 1.82) is 0 Å². The van der Waals surface area contributed by atoms with Crippen LogP contribution in [0.15, 0.2) is 0 Å². The van der Waals surface area contributed by atoms with E-state index < -0.39 is 5.97 Å². The average molecular weight is 182 g/mol. The van der Waals surface area contributed by atoms with Gasteiger partial charge < -0.3 is 5.11 Å². The summed E-state index contributed by atoms with van der Waals surface area (Å²) in [6, 6.07) is 0. The van der Waals surface area contributed by atoms with Crippen LogP contribution in [0.3, 0.4) is 0 Å². The molecule has 1 N–H and O–H groups in total. The minimum absolute atomic E-state index is 0.294. The monoisotopic (exact) mass is 182 g/mol. The van der Waals surface area contributed by atoms with E-state index in [1.54, 1.807) is 0 Å². The first-order valence-corrected chi connectivity index (χ1v) is 4.95. The Morgan fingerprint density at radius 3 is 2.46 bits per heavy atom. The Kier molecular flexibility index (Phi) is 8.44. The van der Waals surface area contributed by atoms with Gasteiger partial charge >= 0.3 is 5.97 Å². The fourth-order valence-electron chi connectivity index (χ4n) is 0.968. The number of hydrogen-bond acceptors (Lipinski definition) is 1. The van der Waals surface area contributed by atoms with Gasteiger partial charge in [-0.25, -0.2) is 0 Å². The second-order valence-corrected chi connectivity index (χ2v) is 3.06. The molecule has 0 unspecified atom stereocenters. The predicted octanol–water partition coefficient (Wildman–Crippen LogP) is 2.83. The van der Waals surface area contributed by atoms with Gasteiger partial charge in [0.15, 0.2) is 0 Å². The predicted molar refractivity (Wildman–Crippen MR) is 53.4 cm³/mol. The zero-order valence-electron chi connectivity index (χ0n) is 8.31. The number of rotatable bonds is 6. The maximum Gasteiger partial charge on any atom is 0.303 e. The Morgan fingerprint density at radius 1 is 1.15 bits per heavy atom. The number of unbranched alkanes of at least 4 members (excludes halogenated alkanes) is 4. The summed E-state index contributed by atoms with van der Waals surface area (Å²) >= 11 is 0. The standard InChI is InChI=1S/C11H18O2/c1-2-3-4-5-6-7-8-9-10-11(12)13/h2-3,6-10H2,1H3,(H,12,13). The molecule has 0 fully saturated rings. The molecule has 74 valence electrons. The molecule has 2 nitrogen and oxygen atoms in total. The third-order valence-electron chi connectivity index (χ3n) is 1.69. The summed E-state index contributed by atoms with van der Waals surface area (Å²) in [5, 5.41) is 8.36. The van der Waals surface area contributed by atoms with Crippen LogP contribution in [0.4, 0.5) is 0 Å². The summed E-state index contributed by atoms with van der Waals surface area (Å²) in [7, 11) is 0. The quantitative estimate of drug-likeness (QED) is 0.506. The normalized spacial score (nSPS) is 9.00. The van der Waals surface area contributed by atoms with E-state index in [4.69, 9.17) is 5.11 Å². The van der Waals surface area contributed by atoms with Crippen molar-refractivity contribution in [2.24, 2.45) is 0 Å². The third kappa shape index (κ3) is 11.0. The lowest BCUT2D eigenvalue weighted by Crippen LogP contribution is -1.93. The van der Waals surface area contributed by atoms with Gasteiger partial charge in [0.2, 0.25) is 0 Å². The van der Waals surface area contributed by atoms with Crippen LogP contribution in [0.5, 0.6) is 0 Å². The highest BCUT2D eigenvalue weighted by atomic mass is 16.4. The molecule has 0 spiro atoms. The van der Waals surface area contributed by atoms with E-state index in [1.807, 2.05) is 0 Å². The van der Waals surface area contributed by atoms with Gasteiger partial charge in [-0.05, 0) is 19.3 Å². The molecule has 0 radical (unpaired) electrons. The van der Waals surface area contributed by atoms with E-state index in [9.17, 15) is 4.79 Å². The van der Waals surface area contributed by atoms with Crippen molar-refractivity contribution >= 4 is 5.97 Å². The number of carboxylic acid groups (broad SMARTS) is 1. The molecule has 0 saturated heterocycles. The fraction of sp³-hybridized carbons (Fsp3) is 0.727. The van der Waals surface area contributed by atoms with Crippen LogP contribution >= 0.6 is 0 Å². The maximum atomic E-state index is 10.1. The summed E-state index contributed by atoms with van der Waals surface area (Å²) in [5.41, 5.74) is 0. The first-order chi connectivity index (χ1) is 6.27. The molecule has 0 saturated carbocycles. The van der Waals surface area contributed by atoms with Crippen molar-refractivity contribution < 1.29 is 9.90 Å². The highest BCUT2D eigenvalue weighted by Gasteiger charge is 1.94. The fourth-order valence-corrected chi connectivity index (χ4v) is 0.968. The highest BCUT2D eigenvalue weighted by Crippen LogP contribution is 2.01. The Hall–Kier alpha value is -0.970. The van der Waals surface area contributed by atoms with Gasteiger partial charge in [-0.15, -0.1) is 11.8 Å². The van der Waals surface area contributed by atoms with E-state index in [1.165, 1.54) is 0 Å². The van der Waals surface area contributed by atoms with Crippen molar-refractivity contribution in [1.82, 2.24) is 0 Å². The number of aliphatic carboxylic acids is 1. The third-order valence-corrected chi connectivity index (χ3v) is 1.69. The Labute approximate surface area is 80.3 Å². The second-order valence-electron chi connectivity index (χ2n) is 3.06. The average Bonchev–Trinajstić information content (AvgIpc) is 2.09. The van der Waals surface area contributed by atoms with Gasteiger partial charge in [0.25, 0.3) is 0 Å². The lowest BCUT2D eigenvalue weighted by atomic mass is 10.1. The van der Waals surface area contributed by atoms with Crippen molar-refractivity contribution in [2.45, 2.75) is 51.9 Å². The lowest BCUT2D eigenvalue weighted by molar-refractivity contribution is -0.137. The molecule has 0 aromatic heterocycles. The molecule has 0 aromatic carbocycles. The highest BCUT2D eigenvalue weighted by molar-refractivity contribution is 5.66. The maximum absolute atomic E-state index is 10.1. The number of hydrogen-bond donors (Lipinski definition) is 1. The lowest BCUT2D eigenvalue weighted by Gasteiger charge is -1.93. The largest absolute Gasteiger partial charge is 0.481 e. The van der Waals surface area contributed by atoms with Crippen LogP contribution in [0.25, 0.3) is 0 Å². The molecule has 0 bridgehead atoms. The Bertz CT molecular complexity index is 186. The number of carbonyl (C=O) groups is 1. The van der Waals surface area contributed by atoms with Crippen molar-refractivity contribution in [3.8, 4) is 11.8 Å². The smallest absolute Gasteiger partial charge is 0.303 e. The van der Waals surface area contributed by atoms with Gasteiger partial charge in [-0.2, -0.15) is 0 Å². The molecule has 0 aliphatic rings. The molecule has 2 heteroatoms. The van der Waals surface area contributed by atoms with Crippen LogP contribution in [0.1, 0.15) is 51.9 Å². The van der Waals surface area contributed by atoms with Gasteiger partial charge in [-0.1, -0.05) is 13.3 Å². The van der Waals surface area contributed by atoms with E-state index in [2.05, 4.69) is 18.8 Å². The van der Waals surface area contributed by atoms with Crippen molar-refractivity contribution in [3.05, 3.63) is 0 Å². The van der Waals surface area contributed by atoms with E-state index in [-0.39, 0.29) is 0 Å². The van der Waals surface area contributed by atoms with Gasteiger partial charge in [0.1, 0.15) is 0 Å². The summed E-state index contributed by atoms with van der Waals surface area (Å²) < 4.78 is 0. The summed E-state index contributed by atoms with van der Waals surface area (Å²) in [5.74, 6) is 5.45. The van der Waals surface area contributed by atoms with Crippen LogP contribution in [0, 0.1) is 11.8 Å². The van der Waals surface area contributed by atoms with Crippen LogP contribution < -0.4 is 0 Å². The first-order valence-electron chi connectivity index (χ1n) is 4.95. The minimum Gasteiger partial charge on any atom is -0.481 e. The first kappa shape index (κ1) is 12.0. The molecular formula is C11H18O2. The van der Waals surface area contributed by atoms with Gasteiger partial charge in [0, 0.05) is 19.3 Å². The van der Waals surface area contributed by atoms with Crippen LogP contribution in [-0.2, 0) is 4.79 Å². The van der Waals surface area contributed by atoms with Gasteiger partial charge in [0.05, 0.1) is 0 Å². The zero-order valence-corrected chi connectivity index (χ0v) is 8.31. The number of carboxylic acids is 1. The van der Waals surface area contributed by atoms with Crippen LogP contribution in [0.2, 0.25) is 0 Å². The topological polar surface area (TPSA) is 37.3 Å². The molecule has 0 aliphatic heterocycles. The summed E-state index contributed by atoms with van der Waals surface area (Å²) in [4.78, 5) is 10.1. The van der Waals surface area contributed by atoms with E-state index >= 15 is 0 Å². The van der Waals surface area contributed by atoms with Crippen molar-refractivity contribution in [3.63, 3.8) is 0 Å². The Morgan fingerprint density at radius 2 is 1.85 bits per heavy atom. The Balaban J connectivity index is 3.09. The molecule has 0 heterocycles. The second kappa shape index (κ2) is 9.12. The molecular weight excluding hydrogens is 164 g/mol. The molecule has 0 amide bonds. The molecule has 0 aromatic rings. The summed E-state index contributed by atoms with van der Waals surface area (Å²) in [6.45, 7) is 2.11. The van der Waals surface area contributed by atoms with E-state index in [0.717, 1.165) is 38.5 Å². The molecule has 0 aliphatic carbocycles. The van der Waals surface area contributed by atoms with Crippen LogP contribution in [-0.4, -0.2) is 11.1 Å². The molecule has 0 rings (SSSR count). The zero-order chi connectivity index (χ0) is 9.94. The van der Waals surface area contributed by atoms with E-state index in [0.29, 0.717) is 6.42 Å². The SMILES string of the molecule is CCCC#CCCCCCC(=O)O. The minimum atomic E-state index is -0.697. The summed E-state index contributed by atoms with van der Waals surface area (Å²) in [6.07, 6.45) is 6.10. The van der Waals surface area contributed by atoms with Crippen molar-refractivity contribution in [2.75, 3.05) is 0 Å². The van der Waals surface area contributed by atoms with Gasteiger partial charge in [-0.3, -0.25) is 4.79 Å². The molecule has 0 atom stereocenters. The molecule has 13 heavy (non-hydrogen) atoms.